The normalized spacial score (nSPS) is 17.6. The maximum Gasteiger partial charge on any atom is 0.416 e. The quantitative estimate of drug-likeness (QED) is 0.689. The van der Waals surface area contributed by atoms with Gasteiger partial charge in [-0.3, -0.25) is 4.90 Å². The van der Waals surface area contributed by atoms with Crippen LogP contribution in [-0.2, 0) is 6.18 Å². The highest BCUT2D eigenvalue weighted by Crippen LogP contribution is 2.35. The van der Waals surface area contributed by atoms with Crippen LogP contribution in [0.2, 0.25) is 0 Å². The summed E-state index contributed by atoms with van der Waals surface area (Å²) in [5, 5.41) is 0.941. The Kier molecular flexibility index (Phi) is 5.36. The number of anilines is 1. The summed E-state index contributed by atoms with van der Waals surface area (Å²) in [6, 6.07) is 3.85. The average Bonchev–Trinajstić information content (AvgIpc) is 2.39. The average molecular weight is 416 g/mol. The van der Waals surface area contributed by atoms with E-state index in [2.05, 4.69) is 41.7 Å². The molecule has 1 aliphatic rings. The number of alkyl halides is 4. The first-order chi connectivity index (χ1) is 9.41. The summed E-state index contributed by atoms with van der Waals surface area (Å²) in [5.41, 5.74) is 0.211. The van der Waals surface area contributed by atoms with Gasteiger partial charge in [0.1, 0.15) is 0 Å². The summed E-state index contributed by atoms with van der Waals surface area (Å²) in [6.45, 7) is 4.52. The van der Waals surface area contributed by atoms with Crippen molar-refractivity contribution in [3.63, 3.8) is 0 Å². The SMILES string of the molecule is FC(F)(F)c1ccc(N2CCN(CCBr)CC2)c(Br)c1. The van der Waals surface area contributed by atoms with Gasteiger partial charge >= 0.3 is 6.18 Å². The predicted molar refractivity (Wildman–Crippen MR) is 81.6 cm³/mol. The zero-order valence-electron chi connectivity index (χ0n) is 10.8. The number of benzene rings is 1. The van der Waals surface area contributed by atoms with Crippen LogP contribution in [0.1, 0.15) is 5.56 Å². The first kappa shape index (κ1) is 16.1. The van der Waals surface area contributed by atoms with Crippen molar-refractivity contribution in [1.82, 2.24) is 4.90 Å². The highest BCUT2D eigenvalue weighted by atomic mass is 79.9. The van der Waals surface area contributed by atoms with E-state index in [1.165, 1.54) is 0 Å². The molecule has 20 heavy (non-hydrogen) atoms. The number of nitrogens with zero attached hydrogens (tertiary/aromatic N) is 2. The molecule has 0 atom stereocenters. The molecule has 1 aliphatic heterocycles. The van der Waals surface area contributed by atoms with Gasteiger partial charge in [-0.05, 0) is 34.1 Å². The van der Waals surface area contributed by atoms with E-state index in [4.69, 9.17) is 0 Å². The lowest BCUT2D eigenvalue weighted by molar-refractivity contribution is -0.137. The van der Waals surface area contributed by atoms with Crippen LogP contribution in [0, 0.1) is 0 Å². The van der Waals surface area contributed by atoms with Crippen LogP contribution in [0.4, 0.5) is 18.9 Å². The summed E-state index contributed by atoms with van der Waals surface area (Å²) in [6.07, 6.45) is -4.30. The molecule has 0 unspecified atom stereocenters. The Bertz CT molecular complexity index is 457. The molecule has 0 N–H and O–H groups in total. The van der Waals surface area contributed by atoms with Crippen LogP contribution in [0.3, 0.4) is 0 Å². The monoisotopic (exact) mass is 414 g/mol. The maximum absolute atomic E-state index is 12.6. The predicted octanol–water partition coefficient (Wildman–Crippen LogP) is 3.98. The molecule has 0 bridgehead atoms. The van der Waals surface area contributed by atoms with Gasteiger partial charge in [0, 0.05) is 42.5 Å². The third-order valence-corrected chi connectivity index (χ3v) is 4.38. The van der Waals surface area contributed by atoms with Crippen LogP contribution >= 0.6 is 31.9 Å². The van der Waals surface area contributed by atoms with Crippen molar-refractivity contribution in [3.8, 4) is 0 Å². The minimum Gasteiger partial charge on any atom is -0.368 e. The molecular formula is C13H15Br2F3N2. The Labute approximate surface area is 133 Å². The Morgan fingerprint density at radius 2 is 1.75 bits per heavy atom. The Morgan fingerprint density at radius 3 is 2.25 bits per heavy atom. The Hall–Kier alpha value is -0.270. The highest BCUT2D eigenvalue weighted by Gasteiger charge is 2.31. The van der Waals surface area contributed by atoms with Gasteiger partial charge in [0.25, 0.3) is 0 Å². The van der Waals surface area contributed by atoms with E-state index < -0.39 is 11.7 Å². The number of hydrogen-bond donors (Lipinski definition) is 0. The fourth-order valence-corrected chi connectivity index (χ4v) is 3.40. The second-order valence-electron chi connectivity index (χ2n) is 4.68. The molecule has 1 heterocycles. The maximum atomic E-state index is 12.6. The van der Waals surface area contributed by atoms with Crippen LogP contribution in [0.5, 0.6) is 0 Å². The molecular weight excluding hydrogens is 401 g/mol. The molecule has 1 saturated heterocycles. The summed E-state index contributed by atoms with van der Waals surface area (Å²) in [4.78, 5) is 4.46. The van der Waals surface area contributed by atoms with E-state index >= 15 is 0 Å². The molecule has 2 nitrogen and oxygen atoms in total. The van der Waals surface area contributed by atoms with E-state index in [1.807, 2.05) is 0 Å². The standard InChI is InChI=1S/C13H15Br2F3N2/c14-3-4-19-5-7-20(8-6-19)12-2-1-10(9-11(12)15)13(16,17)18/h1-2,9H,3-8H2. The lowest BCUT2D eigenvalue weighted by Gasteiger charge is -2.36. The largest absolute Gasteiger partial charge is 0.416 e. The van der Waals surface area contributed by atoms with E-state index in [1.54, 1.807) is 6.07 Å². The molecule has 1 fully saturated rings. The zero-order chi connectivity index (χ0) is 14.8. The zero-order valence-corrected chi connectivity index (χ0v) is 13.9. The fraction of sp³-hybridized carbons (Fsp3) is 0.538. The van der Waals surface area contributed by atoms with Crippen molar-refractivity contribution in [2.45, 2.75) is 6.18 Å². The van der Waals surface area contributed by atoms with Gasteiger partial charge in [-0.2, -0.15) is 13.2 Å². The van der Waals surface area contributed by atoms with Crippen molar-refractivity contribution in [2.75, 3.05) is 43.0 Å². The molecule has 0 amide bonds. The lowest BCUT2D eigenvalue weighted by atomic mass is 10.1. The molecule has 0 aromatic heterocycles. The van der Waals surface area contributed by atoms with Gasteiger partial charge in [-0.15, -0.1) is 0 Å². The smallest absolute Gasteiger partial charge is 0.368 e. The molecule has 1 aromatic rings. The van der Waals surface area contributed by atoms with E-state index in [9.17, 15) is 13.2 Å². The van der Waals surface area contributed by atoms with Crippen molar-refractivity contribution >= 4 is 37.5 Å². The Morgan fingerprint density at radius 1 is 1.10 bits per heavy atom. The van der Waals surface area contributed by atoms with Gasteiger partial charge in [0.05, 0.1) is 11.3 Å². The van der Waals surface area contributed by atoms with Crippen LogP contribution < -0.4 is 4.90 Å². The second kappa shape index (κ2) is 6.66. The molecule has 112 valence electrons. The van der Waals surface area contributed by atoms with Crippen molar-refractivity contribution in [1.29, 1.82) is 0 Å². The molecule has 2 rings (SSSR count). The van der Waals surface area contributed by atoms with Gasteiger partial charge in [-0.1, -0.05) is 15.9 Å². The van der Waals surface area contributed by atoms with E-state index in [0.717, 1.165) is 55.9 Å². The van der Waals surface area contributed by atoms with Gasteiger partial charge in [0.2, 0.25) is 0 Å². The Balaban J connectivity index is 2.07. The molecule has 7 heteroatoms. The van der Waals surface area contributed by atoms with Crippen molar-refractivity contribution < 1.29 is 13.2 Å². The van der Waals surface area contributed by atoms with Crippen LogP contribution in [0.15, 0.2) is 22.7 Å². The number of hydrogen-bond acceptors (Lipinski definition) is 2. The number of halogens is 5. The number of rotatable bonds is 3. The molecule has 0 radical (unpaired) electrons. The van der Waals surface area contributed by atoms with Gasteiger partial charge in [-0.25, -0.2) is 0 Å². The molecule has 0 aliphatic carbocycles. The minimum absolute atomic E-state index is 0.501. The number of piperazine rings is 1. The minimum atomic E-state index is -4.30. The van der Waals surface area contributed by atoms with E-state index in [-0.39, 0.29) is 0 Å². The van der Waals surface area contributed by atoms with Crippen molar-refractivity contribution in [2.24, 2.45) is 0 Å². The lowest BCUT2D eigenvalue weighted by Crippen LogP contribution is -2.47. The van der Waals surface area contributed by atoms with E-state index in [0.29, 0.717) is 4.47 Å². The summed E-state index contributed by atoms with van der Waals surface area (Å²) < 4.78 is 38.4. The third-order valence-electron chi connectivity index (χ3n) is 3.39. The fourth-order valence-electron chi connectivity index (χ4n) is 2.27. The first-order valence-corrected chi connectivity index (χ1v) is 8.23. The first-order valence-electron chi connectivity index (χ1n) is 6.32. The third kappa shape index (κ3) is 3.89. The summed E-state index contributed by atoms with van der Waals surface area (Å²) in [5.74, 6) is 0. The summed E-state index contributed by atoms with van der Waals surface area (Å²) >= 11 is 6.67. The topological polar surface area (TPSA) is 6.48 Å². The highest BCUT2D eigenvalue weighted by molar-refractivity contribution is 9.10. The van der Waals surface area contributed by atoms with Gasteiger partial charge in [0.15, 0.2) is 0 Å². The molecule has 1 aromatic carbocycles. The summed E-state index contributed by atoms with van der Waals surface area (Å²) in [7, 11) is 0. The van der Waals surface area contributed by atoms with Crippen molar-refractivity contribution in [3.05, 3.63) is 28.2 Å². The molecule has 0 spiro atoms. The van der Waals surface area contributed by atoms with Crippen LogP contribution in [0.25, 0.3) is 0 Å². The molecule has 0 saturated carbocycles. The second-order valence-corrected chi connectivity index (χ2v) is 6.33. The van der Waals surface area contributed by atoms with Gasteiger partial charge < -0.3 is 4.90 Å². The van der Waals surface area contributed by atoms with Crippen LogP contribution in [-0.4, -0.2) is 43.0 Å².